The first-order valence-electron chi connectivity index (χ1n) is 6.78. The first kappa shape index (κ1) is 12.0. The zero-order chi connectivity index (χ0) is 11.9. The van der Waals surface area contributed by atoms with Crippen molar-refractivity contribution in [3.8, 4) is 0 Å². The number of rotatable bonds is 0. The Kier molecular flexibility index (Phi) is 3.03. The highest BCUT2D eigenvalue weighted by Gasteiger charge is 2.40. The first-order valence-corrected chi connectivity index (χ1v) is 6.78. The molecule has 0 nitrogen and oxygen atoms in total. The minimum atomic E-state index is 0.458. The van der Waals surface area contributed by atoms with Crippen molar-refractivity contribution in [1.29, 1.82) is 0 Å². The molecule has 2 rings (SSSR count). The van der Waals surface area contributed by atoms with Gasteiger partial charge in [0.25, 0.3) is 0 Å². The maximum Gasteiger partial charge on any atom is -0.0114 e. The van der Waals surface area contributed by atoms with Gasteiger partial charge in [-0.2, -0.15) is 0 Å². The number of fused-ring (bicyclic) bond motifs is 1. The summed E-state index contributed by atoms with van der Waals surface area (Å²) in [6.07, 6.45) is 7.84. The van der Waals surface area contributed by atoms with Gasteiger partial charge in [-0.25, -0.2) is 0 Å². The van der Waals surface area contributed by atoms with E-state index >= 15 is 0 Å². The van der Waals surface area contributed by atoms with Gasteiger partial charge in [-0.15, -0.1) is 0 Å². The van der Waals surface area contributed by atoms with Gasteiger partial charge in [0.2, 0.25) is 0 Å². The van der Waals surface area contributed by atoms with Gasteiger partial charge in [0, 0.05) is 0 Å². The molecule has 1 saturated carbocycles. The van der Waals surface area contributed by atoms with Crippen molar-refractivity contribution in [2.75, 3.05) is 0 Å². The Morgan fingerprint density at radius 2 is 2.00 bits per heavy atom. The summed E-state index contributed by atoms with van der Waals surface area (Å²) in [5.74, 6) is 2.20. The highest BCUT2D eigenvalue weighted by atomic mass is 14.4. The van der Waals surface area contributed by atoms with E-state index in [1.54, 1.807) is 5.57 Å². The second kappa shape index (κ2) is 4.05. The summed E-state index contributed by atoms with van der Waals surface area (Å²) in [6, 6.07) is 0. The smallest absolute Gasteiger partial charge is 0.0114 e. The minimum absolute atomic E-state index is 0.458. The third kappa shape index (κ3) is 1.99. The van der Waals surface area contributed by atoms with Crippen LogP contribution in [0.15, 0.2) is 23.8 Å². The van der Waals surface area contributed by atoms with Crippen LogP contribution < -0.4 is 0 Å². The fourth-order valence-corrected chi connectivity index (χ4v) is 3.56. The van der Waals surface area contributed by atoms with Gasteiger partial charge in [0.1, 0.15) is 0 Å². The van der Waals surface area contributed by atoms with Crippen LogP contribution in [0.4, 0.5) is 0 Å². The van der Waals surface area contributed by atoms with Crippen molar-refractivity contribution in [2.45, 2.75) is 53.4 Å². The van der Waals surface area contributed by atoms with Crippen molar-refractivity contribution in [3.63, 3.8) is 0 Å². The van der Waals surface area contributed by atoms with Gasteiger partial charge in [0.05, 0.1) is 0 Å². The molecule has 0 aromatic heterocycles. The third-order valence-corrected chi connectivity index (χ3v) is 4.98. The van der Waals surface area contributed by atoms with E-state index in [2.05, 4.69) is 40.3 Å². The van der Waals surface area contributed by atoms with Gasteiger partial charge >= 0.3 is 0 Å². The lowest BCUT2D eigenvalue weighted by Crippen LogP contribution is -2.30. The fraction of sp³-hybridized carbons (Fsp3) is 0.750. The minimum Gasteiger partial charge on any atom is -0.0993 e. The van der Waals surface area contributed by atoms with Crippen LogP contribution in [0.25, 0.3) is 0 Å². The molecule has 90 valence electrons. The summed E-state index contributed by atoms with van der Waals surface area (Å²) in [7, 11) is 0. The molecule has 0 heteroatoms. The summed E-state index contributed by atoms with van der Waals surface area (Å²) in [4.78, 5) is 0. The molecule has 16 heavy (non-hydrogen) atoms. The van der Waals surface area contributed by atoms with E-state index in [4.69, 9.17) is 0 Å². The maximum atomic E-state index is 4.40. The molecule has 3 atom stereocenters. The van der Waals surface area contributed by atoms with Gasteiger partial charge in [-0.1, -0.05) is 44.6 Å². The molecule has 0 heterocycles. The molecule has 2 aliphatic rings. The average molecular weight is 218 g/mol. The highest BCUT2D eigenvalue weighted by Crippen LogP contribution is 2.50. The molecule has 2 aliphatic carbocycles. The molecule has 0 saturated heterocycles. The van der Waals surface area contributed by atoms with Crippen molar-refractivity contribution < 1.29 is 0 Å². The second-order valence-corrected chi connectivity index (χ2v) is 6.69. The summed E-state index contributed by atoms with van der Waals surface area (Å²) >= 11 is 0. The quantitative estimate of drug-likeness (QED) is 0.503. The lowest BCUT2D eigenvalue weighted by molar-refractivity contribution is 0.186. The highest BCUT2D eigenvalue weighted by molar-refractivity contribution is 5.20. The normalized spacial score (nSPS) is 38.6. The zero-order valence-electron chi connectivity index (χ0n) is 11.3. The molecule has 0 N–H and O–H groups in total. The van der Waals surface area contributed by atoms with Crippen LogP contribution in [0.3, 0.4) is 0 Å². The fourth-order valence-electron chi connectivity index (χ4n) is 3.56. The van der Waals surface area contributed by atoms with Crippen LogP contribution in [0, 0.1) is 23.2 Å². The second-order valence-electron chi connectivity index (χ2n) is 6.69. The average Bonchev–Trinajstić information content (AvgIpc) is 2.31. The first-order chi connectivity index (χ1) is 7.42. The molecule has 0 aromatic rings. The Bertz CT molecular complexity index is 319. The van der Waals surface area contributed by atoms with Crippen LogP contribution in [0.5, 0.6) is 0 Å². The van der Waals surface area contributed by atoms with Crippen molar-refractivity contribution in [2.24, 2.45) is 23.2 Å². The van der Waals surface area contributed by atoms with E-state index < -0.39 is 0 Å². The van der Waals surface area contributed by atoms with Gasteiger partial charge < -0.3 is 0 Å². The Morgan fingerprint density at radius 3 is 2.69 bits per heavy atom. The van der Waals surface area contributed by atoms with Gasteiger partial charge in [0.15, 0.2) is 0 Å². The van der Waals surface area contributed by atoms with Crippen molar-refractivity contribution in [1.82, 2.24) is 0 Å². The molecule has 0 spiro atoms. The molecule has 1 fully saturated rings. The molecule has 0 bridgehead atoms. The van der Waals surface area contributed by atoms with E-state index in [1.165, 1.54) is 31.3 Å². The van der Waals surface area contributed by atoms with Crippen LogP contribution in [0.1, 0.15) is 53.4 Å². The number of hydrogen-bond donors (Lipinski definition) is 0. The van der Waals surface area contributed by atoms with E-state index in [1.807, 2.05) is 0 Å². The summed E-state index contributed by atoms with van der Waals surface area (Å²) < 4.78 is 0. The lowest BCUT2D eigenvalue weighted by Gasteiger charge is -2.39. The maximum absolute atomic E-state index is 4.40. The predicted molar refractivity (Wildman–Crippen MR) is 71.3 cm³/mol. The Hall–Kier alpha value is -0.520. The Balaban J connectivity index is 2.37. The van der Waals surface area contributed by atoms with E-state index in [0.717, 1.165) is 17.8 Å². The summed E-state index contributed by atoms with van der Waals surface area (Å²) in [5, 5.41) is 0. The number of hydrogen-bond acceptors (Lipinski definition) is 0. The molecule has 0 amide bonds. The van der Waals surface area contributed by atoms with Crippen LogP contribution >= 0.6 is 0 Å². The summed E-state index contributed by atoms with van der Waals surface area (Å²) in [6.45, 7) is 14.0. The van der Waals surface area contributed by atoms with Gasteiger partial charge in [-0.05, 0) is 55.8 Å². The summed E-state index contributed by atoms with van der Waals surface area (Å²) in [5.41, 5.74) is 3.58. The third-order valence-electron chi connectivity index (χ3n) is 4.98. The van der Waals surface area contributed by atoms with E-state index in [0.29, 0.717) is 5.41 Å². The van der Waals surface area contributed by atoms with Crippen molar-refractivity contribution in [3.05, 3.63) is 23.8 Å². The molecule has 0 aromatic carbocycles. The molecule has 0 aliphatic heterocycles. The zero-order valence-corrected chi connectivity index (χ0v) is 11.3. The predicted octanol–water partition coefficient (Wildman–Crippen LogP) is 4.97. The number of allylic oxidation sites excluding steroid dienone is 3. The molecule has 3 unspecified atom stereocenters. The van der Waals surface area contributed by atoms with Crippen LogP contribution in [-0.4, -0.2) is 0 Å². The Labute approximate surface area is 101 Å². The lowest BCUT2D eigenvalue weighted by atomic mass is 9.65. The van der Waals surface area contributed by atoms with E-state index in [-0.39, 0.29) is 0 Å². The molecular formula is C16H26. The SMILES string of the molecule is C=C1C(C)CCC(C)(C)C2C=C(C)CCC12. The van der Waals surface area contributed by atoms with Crippen molar-refractivity contribution >= 4 is 0 Å². The van der Waals surface area contributed by atoms with Crippen LogP contribution in [-0.2, 0) is 0 Å². The molecule has 0 radical (unpaired) electrons. The molecular weight excluding hydrogens is 192 g/mol. The standard InChI is InChI=1S/C16H26/c1-11-6-7-14-13(3)12(2)8-9-16(4,5)15(14)10-11/h10,12,14-15H,3,6-9H2,1-2,4-5H3. The topological polar surface area (TPSA) is 0 Å². The monoisotopic (exact) mass is 218 g/mol. The van der Waals surface area contributed by atoms with E-state index in [9.17, 15) is 0 Å². The largest absolute Gasteiger partial charge is 0.0993 e. The van der Waals surface area contributed by atoms with Crippen LogP contribution in [0.2, 0.25) is 0 Å². The Morgan fingerprint density at radius 1 is 1.31 bits per heavy atom. The van der Waals surface area contributed by atoms with Gasteiger partial charge in [-0.3, -0.25) is 0 Å².